The summed E-state index contributed by atoms with van der Waals surface area (Å²) in [6, 6.07) is -0.714. The van der Waals surface area contributed by atoms with Gasteiger partial charge in [0.15, 0.2) is 0 Å². The number of allylic oxidation sites excluding steroid dienone is 10. The maximum Gasteiger partial charge on any atom is 0.306 e. The highest BCUT2D eigenvalue weighted by Crippen LogP contribution is 2.17. The second-order valence-corrected chi connectivity index (χ2v) is 18.3. The zero-order chi connectivity index (χ0) is 45.9. The zero-order valence-corrected chi connectivity index (χ0v) is 41.7. The summed E-state index contributed by atoms with van der Waals surface area (Å²) in [6.45, 7) is 6.42. The third-order valence-corrected chi connectivity index (χ3v) is 12.1. The lowest BCUT2D eigenvalue weighted by molar-refractivity contribution is -0.151. The van der Waals surface area contributed by atoms with E-state index in [0.29, 0.717) is 19.3 Å². The predicted molar refractivity (Wildman–Crippen MR) is 273 cm³/mol. The second kappa shape index (κ2) is 50.6. The van der Waals surface area contributed by atoms with Gasteiger partial charge >= 0.3 is 5.97 Å². The average molecular weight is 882 g/mol. The van der Waals surface area contributed by atoms with Gasteiger partial charge in [0.25, 0.3) is 0 Å². The van der Waals surface area contributed by atoms with Crippen LogP contribution in [0.25, 0.3) is 0 Å². The molecule has 0 aromatic rings. The fourth-order valence-electron chi connectivity index (χ4n) is 7.94. The van der Waals surface area contributed by atoms with Crippen LogP contribution >= 0.6 is 0 Å². The third-order valence-electron chi connectivity index (χ3n) is 12.1. The third kappa shape index (κ3) is 45.9. The number of carbonyl (C=O) groups excluding carboxylic acids is 2. The van der Waals surface area contributed by atoms with Crippen LogP contribution in [0.4, 0.5) is 0 Å². The van der Waals surface area contributed by atoms with Gasteiger partial charge in [-0.05, 0) is 96.3 Å². The lowest BCUT2D eigenvalue weighted by Crippen LogP contribution is -2.46. The fourth-order valence-corrected chi connectivity index (χ4v) is 7.94. The van der Waals surface area contributed by atoms with Crippen LogP contribution in [0, 0.1) is 0 Å². The predicted octanol–water partition coefficient (Wildman–Crippen LogP) is 16.4. The number of aliphatic hydroxyl groups is 2. The van der Waals surface area contributed by atoms with Gasteiger partial charge in [0.05, 0.1) is 25.2 Å². The average Bonchev–Trinajstić information content (AvgIpc) is 3.28. The Hall–Kier alpha value is -2.44. The van der Waals surface area contributed by atoms with Crippen molar-refractivity contribution in [2.24, 2.45) is 0 Å². The van der Waals surface area contributed by atoms with Crippen LogP contribution in [0.1, 0.15) is 265 Å². The molecule has 63 heavy (non-hydrogen) atoms. The Morgan fingerprint density at radius 1 is 0.460 bits per heavy atom. The van der Waals surface area contributed by atoms with E-state index < -0.39 is 18.2 Å². The lowest BCUT2D eigenvalue weighted by Gasteiger charge is -2.24. The molecule has 0 heterocycles. The first-order valence-electron chi connectivity index (χ1n) is 27.0. The molecule has 6 nitrogen and oxygen atoms in total. The van der Waals surface area contributed by atoms with Gasteiger partial charge in [-0.1, -0.05) is 216 Å². The second-order valence-electron chi connectivity index (χ2n) is 18.3. The Bertz CT molecular complexity index is 1130. The Morgan fingerprint density at radius 3 is 1.27 bits per heavy atom. The van der Waals surface area contributed by atoms with Gasteiger partial charge in [-0.3, -0.25) is 9.59 Å². The van der Waals surface area contributed by atoms with E-state index in [4.69, 9.17) is 4.74 Å². The molecule has 0 radical (unpaired) electrons. The van der Waals surface area contributed by atoms with E-state index in [-0.39, 0.29) is 24.9 Å². The van der Waals surface area contributed by atoms with E-state index in [2.05, 4.69) is 86.8 Å². The first kappa shape index (κ1) is 60.6. The summed E-state index contributed by atoms with van der Waals surface area (Å²) in [5, 5.41) is 23.8. The van der Waals surface area contributed by atoms with Gasteiger partial charge in [-0.25, -0.2) is 0 Å². The van der Waals surface area contributed by atoms with Crippen molar-refractivity contribution < 1.29 is 24.5 Å². The van der Waals surface area contributed by atoms with Crippen LogP contribution in [-0.4, -0.2) is 46.9 Å². The molecule has 0 aliphatic carbocycles. The number of carbonyl (C=O) groups is 2. The van der Waals surface area contributed by atoms with Crippen molar-refractivity contribution in [3.63, 3.8) is 0 Å². The molecule has 0 bridgehead atoms. The maximum absolute atomic E-state index is 13.2. The standard InChI is InChI=1S/C57H103NO5/c1-4-7-10-13-16-19-22-24-26-27-28-29-31-33-35-38-41-44-47-50-57(62)63-53(48-45-42-39-36-21-18-15-12-9-6-3)51-56(61)58-54(52-59)55(60)49-46-43-40-37-34-32-30-25-23-20-17-14-11-8-5-2/h16,18-19,21,24,26,28-29,33,35,53-55,59-60H,4-15,17,20,22-23,25,27,30-32,34,36-52H2,1-3H3,(H,58,61)/b19-16-,21-18-,26-24-,29-28-,35-33-. The summed E-state index contributed by atoms with van der Waals surface area (Å²) in [7, 11) is 0. The molecule has 0 saturated heterocycles. The molecule has 3 unspecified atom stereocenters. The van der Waals surface area contributed by atoms with Crippen LogP contribution in [0.2, 0.25) is 0 Å². The number of rotatable bonds is 48. The van der Waals surface area contributed by atoms with Gasteiger partial charge in [0.1, 0.15) is 6.10 Å². The van der Waals surface area contributed by atoms with E-state index in [1.54, 1.807) is 0 Å². The summed E-state index contributed by atoms with van der Waals surface area (Å²) in [6.07, 6.45) is 62.8. The smallest absolute Gasteiger partial charge is 0.306 e. The van der Waals surface area contributed by atoms with Gasteiger partial charge in [0.2, 0.25) is 5.91 Å². The Labute approximate surface area is 390 Å². The number of hydrogen-bond acceptors (Lipinski definition) is 5. The first-order valence-corrected chi connectivity index (χ1v) is 27.0. The summed E-state index contributed by atoms with van der Waals surface area (Å²) >= 11 is 0. The van der Waals surface area contributed by atoms with Crippen molar-refractivity contribution >= 4 is 11.9 Å². The summed E-state index contributed by atoms with van der Waals surface area (Å²) in [5.41, 5.74) is 0. The number of amides is 1. The molecular formula is C57H103NO5. The number of ether oxygens (including phenoxy) is 1. The van der Waals surface area contributed by atoms with E-state index in [0.717, 1.165) is 96.3 Å². The van der Waals surface area contributed by atoms with Crippen LogP contribution in [0.5, 0.6) is 0 Å². The first-order chi connectivity index (χ1) is 31.0. The minimum absolute atomic E-state index is 0.0529. The quantitative estimate of drug-likeness (QED) is 0.0321. The Balaban J connectivity index is 4.53. The molecule has 0 spiro atoms. The number of nitrogens with one attached hydrogen (secondary N) is 1. The molecule has 0 aromatic heterocycles. The van der Waals surface area contributed by atoms with Crippen molar-refractivity contribution in [3.8, 4) is 0 Å². The molecule has 0 fully saturated rings. The summed E-state index contributed by atoms with van der Waals surface area (Å²) in [4.78, 5) is 26.1. The Morgan fingerprint density at radius 2 is 0.810 bits per heavy atom. The molecule has 0 aromatic carbocycles. The number of hydrogen-bond donors (Lipinski definition) is 3. The molecule has 0 rings (SSSR count). The van der Waals surface area contributed by atoms with Crippen molar-refractivity contribution in [3.05, 3.63) is 60.8 Å². The van der Waals surface area contributed by atoms with E-state index in [1.807, 2.05) is 0 Å². The van der Waals surface area contributed by atoms with Gasteiger partial charge < -0.3 is 20.3 Å². The van der Waals surface area contributed by atoms with E-state index in [9.17, 15) is 19.8 Å². The number of aliphatic hydroxyl groups excluding tert-OH is 2. The fraction of sp³-hybridized carbons (Fsp3) is 0.789. The van der Waals surface area contributed by atoms with Crippen molar-refractivity contribution in [1.29, 1.82) is 0 Å². The summed E-state index contributed by atoms with van der Waals surface area (Å²) in [5.74, 6) is -0.524. The minimum atomic E-state index is -0.798. The van der Waals surface area contributed by atoms with E-state index >= 15 is 0 Å². The topological polar surface area (TPSA) is 95.9 Å². The molecule has 3 atom stereocenters. The van der Waals surface area contributed by atoms with Crippen molar-refractivity contribution in [2.45, 2.75) is 283 Å². The normalized spacial score (nSPS) is 13.7. The number of esters is 1. The highest BCUT2D eigenvalue weighted by Gasteiger charge is 2.24. The largest absolute Gasteiger partial charge is 0.462 e. The molecule has 6 heteroatoms. The monoisotopic (exact) mass is 882 g/mol. The number of unbranched alkanes of at least 4 members (excludes halogenated alkanes) is 26. The highest BCUT2D eigenvalue weighted by atomic mass is 16.5. The molecule has 3 N–H and O–H groups in total. The van der Waals surface area contributed by atoms with Gasteiger partial charge in [0, 0.05) is 6.42 Å². The maximum atomic E-state index is 13.2. The van der Waals surface area contributed by atoms with E-state index in [1.165, 1.54) is 122 Å². The summed E-state index contributed by atoms with van der Waals surface area (Å²) < 4.78 is 5.91. The van der Waals surface area contributed by atoms with Crippen LogP contribution in [0.3, 0.4) is 0 Å². The molecule has 366 valence electrons. The van der Waals surface area contributed by atoms with Crippen molar-refractivity contribution in [2.75, 3.05) is 6.61 Å². The molecule has 0 aliphatic heterocycles. The van der Waals surface area contributed by atoms with Crippen LogP contribution in [-0.2, 0) is 14.3 Å². The molecular weight excluding hydrogens is 779 g/mol. The minimum Gasteiger partial charge on any atom is -0.462 e. The van der Waals surface area contributed by atoms with Crippen LogP contribution in [0.15, 0.2) is 60.8 Å². The van der Waals surface area contributed by atoms with Crippen LogP contribution < -0.4 is 5.32 Å². The highest BCUT2D eigenvalue weighted by molar-refractivity contribution is 5.77. The molecule has 0 aliphatic rings. The molecule has 0 saturated carbocycles. The zero-order valence-electron chi connectivity index (χ0n) is 41.7. The molecule has 1 amide bonds. The van der Waals surface area contributed by atoms with Gasteiger partial charge in [-0.15, -0.1) is 0 Å². The van der Waals surface area contributed by atoms with Gasteiger partial charge in [-0.2, -0.15) is 0 Å². The van der Waals surface area contributed by atoms with Crippen molar-refractivity contribution in [1.82, 2.24) is 5.32 Å². The SMILES string of the molecule is CCCCC/C=C\C/C=C\C/C=C\C/C=C\CCCCCC(=O)OC(CCCCC/C=C\CCCCC)CC(=O)NC(CO)C(O)CCCCCCCCCCCCCCCCC. The Kier molecular flexibility index (Phi) is 48.6. The lowest BCUT2D eigenvalue weighted by atomic mass is 10.0.